The normalized spacial score (nSPS) is 23.3. The first kappa shape index (κ1) is 20.0. The van der Waals surface area contributed by atoms with Gasteiger partial charge in [0.05, 0.1) is 0 Å². The van der Waals surface area contributed by atoms with Crippen LogP contribution in [0.25, 0.3) is 11.4 Å². The molecule has 4 rings (SSSR count). The highest BCUT2D eigenvalue weighted by molar-refractivity contribution is 5.76. The van der Waals surface area contributed by atoms with Crippen molar-refractivity contribution in [1.82, 2.24) is 30.0 Å². The van der Waals surface area contributed by atoms with E-state index in [9.17, 15) is 4.79 Å². The van der Waals surface area contributed by atoms with Crippen LogP contribution in [0, 0.1) is 0 Å². The van der Waals surface area contributed by atoms with Crippen molar-refractivity contribution in [2.75, 3.05) is 13.1 Å². The van der Waals surface area contributed by atoms with Crippen molar-refractivity contribution in [3.05, 3.63) is 29.8 Å². The van der Waals surface area contributed by atoms with Crippen LogP contribution in [-0.4, -0.2) is 61.1 Å². The van der Waals surface area contributed by atoms with E-state index >= 15 is 0 Å². The second-order valence-electron chi connectivity index (χ2n) is 8.61. The Hall–Kier alpha value is -2.28. The van der Waals surface area contributed by atoms with Gasteiger partial charge in [0.2, 0.25) is 11.7 Å². The fourth-order valence-electron chi connectivity index (χ4n) is 4.68. The van der Waals surface area contributed by atoms with Gasteiger partial charge in [0, 0.05) is 24.2 Å². The molecule has 1 aromatic carbocycles. The van der Waals surface area contributed by atoms with Gasteiger partial charge in [-0.05, 0) is 69.8 Å². The number of nitrogens with zero attached hydrogens (tertiary/aromatic N) is 6. The van der Waals surface area contributed by atoms with E-state index in [2.05, 4.69) is 58.4 Å². The zero-order chi connectivity index (χ0) is 20.2. The molecule has 2 aliphatic rings. The van der Waals surface area contributed by atoms with Gasteiger partial charge in [-0.25, -0.2) is 0 Å². The van der Waals surface area contributed by atoms with E-state index in [1.54, 1.807) is 0 Å². The molecule has 0 spiro atoms. The van der Waals surface area contributed by atoms with E-state index in [0.29, 0.717) is 5.82 Å². The average molecular weight is 397 g/mol. The van der Waals surface area contributed by atoms with Gasteiger partial charge >= 0.3 is 0 Å². The molecule has 0 bridgehead atoms. The molecule has 0 unspecified atom stereocenters. The standard InChI is InChI=1S/C22H32N6O/c1-17-7-6-8-18(2)28(17)21(29)16-27-24-22(23-25-27)20-11-9-19(10-12-20)15-26-13-4-3-5-14-26/h9-12,17-18H,3-8,13-16H2,1-2H3/t17-,18-/m0/s1. The Bertz CT molecular complexity index is 801. The van der Waals surface area contributed by atoms with Crippen molar-refractivity contribution in [3.8, 4) is 11.4 Å². The highest BCUT2D eigenvalue weighted by atomic mass is 16.2. The van der Waals surface area contributed by atoms with Gasteiger partial charge in [-0.15, -0.1) is 10.2 Å². The maximum atomic E-state index is 12.8. The summed E-state index contributed by atoms with van der Waals surface area (Å²) < 4.78 is 0. The summed E-state index contributed by atoms with van der Waals surface area (Å²) >= 11 is 0. The first-order valence-corrected chi connectivity index (χ1v) is 11.0. The van der Waals surface area contributed by atoms with Gasteiger partial charge in [-0.2, -0.15) is 4.80 Å². The SMILES string of the molecule is C[C@H]1CCC[C@H](C)N1C(=O)Cn1nnc(-c2ccc(CN3CCCCC3)cc2)n1. The summed E-state index contributed by atoms with van der Waals surface area (Å²) in [5.41, 5.74) is 2.25. The van der Waals surface area contributed by atoms with Crippen LogP contribution in [0.1, 0.15) is 57.9 Å². The van der Waals surface area contributed by atoms with E-state index in [0.717, 1.165) is 24.9 Å². The molecule has 7 heteroatoms. The maximum Gasteiger partial charge on any atom is 0.246 e. The molecule has 0 N–H and O–H groups in total. The predicted molar refractivity (Wildman–Crippen MR) is 112 cm³/mol. The second kappa shape index (κ2) is 9.03. The quantitative estimate of drug-likeness (QED) is 0.777. The van der Waals surface area contributed by atoms with Crippen LogP contribution in [0.4, 0.5) is 0 Å². The van der Waals surface area contributed by atoms with Gasteiger partial charge < -0.3 is 4.90 Å². The van der Waals surface area contributed by atoms with Crippen molar-refractivity contribution < 1.29 is 4.79 Å². The number of carbonyl (C=O) groups is 1. The number of aromatic nitrogens is 4. The molecular weight excluding hydrogens is 364 g/mol. The van der Waals surface area contributed by atoms with Gasteiger partial charge in [0.15, 0.2) is 0 Å². The monoisotopic (exact) mass is 396 g/mol. The smallest absolute Gasteiger partial charge is 0.246 e. The highest BCUT2D eigenvalue weighted by Crippen LogP contribution is 2.23. The molecule has 2 saturated heterocycles. The zero-order valence-electron chi connectivity index (χ0n) is 17.6. The van der Waals surface area contributed by atoms with E-state index < -0.39 is 0 Å². The molecule has 2 atom stereocenters. The third-order valence-electron chi connectivity index (χ3n) is 6.28. The molecule has 2 aromatic rings. The van der Waals surface area contributed by atoms with Crippen LogP contribution in [0.3, 0.4) is 0 Å². The summed E-state index contributed by atoms with van der Waals surface area (Å²) in [6, 6.07) is 8.96. The molecule has 1 aromatic heterocycles. The fourth-order valence-corrected chi connectivity index (χ4v) is 4.68. The number of tetrazole rings is 1. The number of likely N-dealkylation sites (tertiary alicyclic amines) is 2. The molecule has 0 radical (unpaired) electrons. The lowest BCUT2D eigenvalue weighted by molar-refractivity contribution is -0.138. The molecule has 156 valence electrons. The third-order valence-corrected chi connectivity index (χ3v) is 6.28. The molecular formula is C22H32N6O. The lowest BCUT2D eigenvalue weighted by Gasteiger charge is -2.38. The first-order valence-electron chi connectivity index (χ1n) is 11.0. The van der Waals surface area contributed by atoms with Crippen LogP contribution in [0.2, 0.25) is 0 Å². The maximum absolute atomic E-state index is 12.8. The van der Waals surface area contributed by atoms with Crippen LogP contribution in [0.5, 0.6) is 0 Å². The minimum Gasteiger partial charge on any atom is -0.336 e. The van der Waals surface area contributed by atoms with E-state index in [1.807, 2.05) is 4.90 Å². The zero-order valence-corrected chi connectivity index (χ0v) is 17.6. The Labute approximate surface area is 173 Å². The Morgan fingerprint density at radius 3 is 2.38 bits per heavy atom. The lowest BCUT2D eigenvalue weighted by Crippen LogP contribution is -2.48. The third kappa shape index (κ3) is 4.83. The largest absolute Gasteiger partial charge is 0.336 e. The number of carbonyl (C=O) groups excluding carboxylic acids is 1. The molecule has 7 nitrogen and oxygen atoms in total. The Balaban J connectivity index is 1.37. The lowest BCUT2D eigenvalue weighted by atomic mass is 9.97. The molecule has 2 aliphatic heterocycles. The van der Waals surface area contributed by atoms with Crippen molar-refractivity contribution in [3.63, 3.8) is 0 Å². The molecule has 29 heavy (non-hydrogen) atoms. The van der Waals surface area contributed by atoms with Crippen molar-refractivity contribution in [1.29, 1.82) is 0 Å². The number of amides is 1. The highest BCUT2D eigenvalue weighted by Gasteiger charge is 2.29. The van der Waals surface area contributed by atoms with Gasteiger partial charge in [0.25, 0.3) is 0 Å². The number of hydrogen-bond acceptors (Lipinski definition) is 5. The van der Waals surface area contributed by atoms with Crippen molar-refractivity contribution >= 4 is 5.91 Å². The van der Waals surface area contributed by atoms with Crippen LogP contribution < -0.4 is 0 Å². The second-order valence-corrected chi connectivity index (χ2v) is 8.61. The van der Waals surface area contributed by atoms with Gasteiger partial charge in [-0.1, -0.05) is 30.7 Å². The summed E-state index contributed by atoms with van der Waals surface area (Å²) in [4.78, 5) is 18.7. The predicted octanol–water partition coefficient (Wildman–Crippen LogP) is 3.12. The van der Waals surface area contributed by atoms with E-state index in [-0.39, 0.29) is 24.5 Å². The Morgan fingerprint density at radius 2 is 1.69 bits per heavy atom. The summed E-state index contributed by atoms with van der Waals surface area (Å²) in [6.07, 6.45) is 7.28. The Kier molecular flexibility index (Phi) is 6.23. The number of rotatable bonds is 5. The topological polar surface area (TPSA) is 67.2 Å². The van der Waals surface area contributed by atoms with Crippen LogP contribution in [-0.2, 0) is 17.9 Å². The minimum atomic E-state index is 0.0746. The van der Waals surface area contributed by atoms with E-state index in [4.69, 9.17) is 0 Å². The first-order chi connectivity index (χ1) is 14.1. The van der Waals surface area contributed by atoms with Crippen molar-refractivity contribution in [2.24, 2.45) is 0 Å². The van der Waals surface area contributed by atoms with E-state index in [1.165, 1.54) is 49.1 Å². The molecule has 1 amide bonds. The molecule has 0 saturated carbocycles. The molecule has 2 fully saturated rings. The number of benzene rings is 1. The van der Waals surface area contributed by atoms with Crippen LogP contribution in [0.15, 0.2) is 24.3 Å². The number of hydrogen-bond donors (Lipinski definition) is 0. The summed E-state index contributed by atoms with van der Waals surface area (Å²) in [6.45, 7) is 7.79. The summed E-state index contributed by atoms with van der Waals surface area (Å²) in [7, 11) is 0. The minimum absolute atomic E-state index is 0.0746. The number of piperidine rings is 2. The summed E-state index contributed by atoms with van der Waals surface area (Å²) in [5, 5.41) is 12.7. The Morgan fingerprint density at radius 1 is 1.00 bits per heavy atom. The van der Waals surface area contributed by atoms with Gasteiger partial charge in [-0.3, -0.25) is 9.69 Å². The summed E-state index contributed by atoms with van der Waals surface area (Å²) in [5.74, 6) is 0.646. The average Bonchev–Trinajstić information content (AvgIpc) is 3.17. The molecule has 3 heterocycles. The van der Waals surface area contributed by atoms with Crippen LogP contribution >= 0.6 is 0 Å². The van der Waals surface area contributed by atoms with Crippen molar-refractivity contribution in [2.45, 2.75) is 77.5 Å². The fraction of sp³-hybridized carbons (Fsp3) is 0.636. The molecule has 0 aliphatic carbocycles. The van der Waals surface area contributed by atoms with Gasteiger partial charge in [0.1, 0.15) is 6.54 Å².